The molecule has 0 fully saturated rings. The van der Waals surface area contributed by atoms with Gasteiger partial charge in [-0.25, -0.2) is 13.9 Å². The maximum absolute atomic E-state index is 13.4. The van der Waals surface area contributed by atoms with Crippen molar-refractivity contribution in [2.24, 2.45) is 0 Å². The zero-order valence-corrected chi connectivity index (χ0v) is 18.2. The number of hydrogen-bond acceptors (Lipinski definition) is 3. The van der Waals surface area contributed by atoms with E-state index >= 15 is 0 Å². The zero-order chi connectivity index (χ0) is 22.1. The highest BCUT2D eigenvalue weighted by molar-refractivity contribution is 5.92. The van der Waals surface area contributed by atoms with E-state index in [0.29, 0.717) is 5.65 Å². The lowest BCUT2D eigenvalue weighted by Crippen LogP contribution is -2.17. The van der Waals surface area contributed by atoms with E-state index in [1.165, 1.54) is 17.7 Å². The lowest BCUT2D eigenvalue weighted by Gasteiger charge is -2.12. The summed E-state index contributed by atoms with van der Waals surface area (Å²) in [7, 11) is 0. The van der Waals surface area contributed by atoms with Crippen molar-refractivity contribution in [2.45, 2.75) is 40.5 Å². The third kappa shape index (κ3) is 4.06. The highest BCUT2D eigenvalue weighted by Crippen LogP contribution is 2.29. The smallest absolute Gasteiger partial charge is 0.228 e. The third-order valence-corrected chi connectivity index (χ3v) is 5.59. The predicted molar refractivity (Wildman–Crippen MR) is 121 cm³/mol. The lowest BCUT2D eigenvalue weighted by molar-refractivity contribution is -0.115. The topological polar surface area (TPSA) is 59.3 Å². The number of aromatic nitrogens is 3. The Kier molecular flexibility index (Phi) is 5.55. The van der Waals surface area contributed by atoms with E-state index in [1.807, 2.05) is 45.0 Å². The van der Waals surface area contributed by atoms with E-state index in [4.69, 9.17) is 4.98 Å². The molecule has 0 radical (unpaired) electrons. The maximum atomic E-state index is 13.4. The average Bonchev–Trinajstić information content (AvgIpc) is 3.08. The molecule has 0 aliphatic heterocycles. The molecule has 2 heterocycles. The van der Waals surface area contributed by atoms with Gasteiger partial charge in [0.15, 0.2) is 5.65 Å². The van der Waals surface area contributed by atoms with Gasteiger partial charge in [0.1, 0.15) is 5.82 Å². The Balaban J connectivity index is 1.68. The van der Waals surface area contributed by atoms with Gasteiger partial charge < -0.3 is 5.32 Å². The first kappa shape index (κ1) is 20.7. The minimum atomic E-state index is -0.282. The number of nitrogens with one attached hydrogen (secondary N) is 1. The predicted octanol–water partition coefficient (Wildman–Crippen LogP) is 5.20. The quantitative estimate of drug-likeness (QED) is 0.486. The number of amides is 1. The van der Waals surface area contributed by atoms with E-state index in [1.54, 1.807) is 16.6 Å². The van der Waals surface area contributed by atoms with Gasteiger partial charge in [0.25, 0.3) is 0 Å². The summed E-state index contributed by atoms with van der Waals surface area (Å²) in [5, 5.41) is 7.64. The fraction of sp³-hybridized carbons (Fsp3) is 0.240. The van der Waals surface area contributed by atoms with Crippen LogP contribution in [0.25, 0.3) is 16.8 Å². The summed E-state index contributed by atoms with van der Waals surface area (Å²) in [5.41, 5.74) is 7.72. The number of carbonyl (C=O) groups excluding carboxylic acids is 1. The molecule has 2 aromatic heterocycles. The van der Waals surface area contributed by atoms with Crippen LogP contribution in [0, 0.1) is 26.6 Å². The summed E-state index contributed by atoms with van der Waals surface area (Å²) >= 11 is 0. The molecule has 0 bridgehead atoms. The van der Waals surface area contributed by atoms with E-state index in [-0.39, 0.29) is 18.1 Å². The summed E-state index contributed by atoms with van der Waals surface area (Å²) in [6, 6.07) is 14.2. The van der Waals surface area contributed by atoms with Crippen molar-refractivity contribution in [3.8, 4) is 11.1 Å². The van der Waals surface area contributed by atoms with Crippen LogP contribution in [0.4, 0.5) is 10.1 Å². The minimum absolute atomic E-state index is 0.0942. The molecular weight excluding hydrogens is 391 g/mol. The molecule has 1 amide bonds. The van der Waals surface area contributed by atoms with Crippen molar-refractivity contribution in [3.63, 3.8) is 0 Å². The molecule has 1 N–H and O–H groups in total. The highest BCUT2D eigenvalue weighted by atomic mass is 19.1. The fourth-order valence-corrected chi connectivity index (χ4v) is 3.91. The van der Waals surface area contributed by atoms with Crippen LogP contribution in [0.3, 0.4) is 0 Å². The second kappa shape index (κ2) is 8.30. The van der Waals surface area contributed by atoms with Crippen LogP contribution in [-0.4, -0.2) is 20.5 Å². The highest BCUT2D eigenvalue weighted by Gasteiger charge is 2.19. The molecule has 5 nitrogen and oxygen atoms in total. The molecule has 0 atom stereocenters. The van der Waals surface area contributed by atoms with E-state index in [9.17, 15) is 9.18 Å². The first-order valence-electron chi connectivity index (χ1n) is 10.4. The summed E-state index contributed by atoms with van der Waals surface area (Å²) in [5.74, 6) is -0.376. The van der Waals surface area contributed by atoms with Crippen molar-refractivity contribution >= 4 is 17.2 Å². The van der Waals surface area contributed by atoms with Crippen LogP contribution in [0.5, 0.6) is 0 Å². The normalized spacial score (nSPS) is 11.1. The van der Waals surface area contributed by atoms with Crippen molar-refractivity contribution in [1.82, 2.24) is 14.6 Å². The Bertz CT molecular complexity index is 1280. The van der Waals surface area contributed by atoms with Crippen LogP contribution in [0.1, 0.15) is 35.1 Å². The average molecular weight is 417 g/mol. The minimum Gasteiger partial charge on any atom is -0.326 e. The Morgan fingerprint density at radius 1 is 1.06 bits per heavy atom. The van der Waals surface area contributed by atoms with Gasteiger partial charge in [-0.1, -0.05) is 31.2 Å². The molecule has 0 aliphatic carbocycles. The number of hydrogen-bond donors (Lipinski definition) is 1. The third-order valence-electron chi connectivity index (χ3n) is 5.59. The Morgan fingerprint density at radius 2 is 1.81 bits per heavy atom. The van der Waals surface area contributed by atoms with Gasteiger partial charge in [-0.2, -0.15) is 5.10 Å². The first-order valence-corrected chi connectivity index (χ1v) is 10.4. The molecule has 4 aromatic rings. The van der Waals surface area contributed by atoms with Crippen LogP contribution >= 0.6 is 0 Å². The zero-order valence-electron chi connectivity index (χ0n) is 18.2. The molecule has 4 rings (SSSR count). The Morgan fingerprint density at radius 3 is 2.52 bits per heavy atom. The summed E-state index contributed by atoms with van der Waals surface area (Å²) in [4.78, 5) is 17.5. The molecule has 0 aliphatic rings. The molecule has 0 spiro atoms. The van der Waals surface area contributed by atoms with Gasteiger partial charge in [-0.3, -0.25) is 4.79 Å². The largest absolute Gasteiger partial charge is 0.326 e. The molecule has 2 aromatic carbocycles. The Hall–Kier alpha value is -3.54. The number of benzene rings is 2. The standard InChI is InChI=1S/C25H25FN4O/c1-5-18-7-6-8-21(13-18)28-23(31)14-22-15(2)27-25-24(16(3)29-30(25)17(22)4)19-9-11-20(26)12-10-19/h6-13H,5,14H2,1-4H3,(H,28,31). The first-order chi connectivity index (χ1) is 14.9. The molecule has 0 saturated heterocycles. The van der Waals surface area contributed by atoms with Gasteiger partial charge in [-0.15, -0.1) is 0 Å². The van der Waals surface area contributed by atoms with Crippen LogP contribution in [0.15, 0.2) is 48.5 Å². The molecule has 0 saturated carbocycles. The lowest BCUT2D eigenvalue weighted by atomic mass is 10.0. The van der Waals surface area contributed by atoms with Crippen LogP contribution in [0.2, 0.25) is 0 Å². The van der Waals surface area contributed by atoms with Gasteiger partial charge in [0, 0.05) is 28.2 Å². The van der Waals surface area contributed by atoms with Crippen molar-refractivity contribution < 1.29 is 9.18 Å². The van der Waals surface area contributed by atoms with Crippen molar-refractivity contribution in [2.75, 3.05) is 5.32 Å². The number of anilines is 1. The molecular formula is C25H25FN4O. The van der Waals surface area contributed by atoms with Gasteiger partial charge in [-0.05, 0) is 62.6 Å². The number of fused-ring (bicyclic) bond motifs is 1. The van der Waals surface area contributed by atoms with E-state index in [0.717, 1.165) is 45.9 Å². The number of halogens is 1. The summed E-state index contributed by atoms with van der Waals surface area (Å²) in [6.07, 6.45) is 1.12. The van der Waals surface area contributed by atoms with Gasteiger partial charge >= 0.3 is 0 Å². The second-order valence-corrected chi connectivity index (χ2v) is 7.74. The van der Waals surface area contributed by atoms with Crippen molar-refractivity contribution in [1.29, 1.82) is 0 Å². The molecule has 158 valence electrons. The van der Waals surface area contributed by atoms with Gasteiger partial charge in [0.2, 0.25) is 5.91 Å². The summed E-state index contributed by atoms with van der Waals surface area (Å²) < 4.78 is 15.1. The molecule has 6 heteroatoms. The van der Waals surface area contributed by atoms with Crippen LogP contribution < -0.4 is 5.32 Å². The monoisotopic (exact) mass is 416 g/mol. The summed E-state index contributed by atoms with van der Waals surface area (Å²) in [6.45, 7) is 7.85. The number of carbonyl (C=O) groups is 1. The van der Waals surface area contributed by atoms with E-state index < -0.39 is 0 Å². The molecule has 31 heavy (non-hydrogen) atoms. The van der Waals surface area contributed by atoms with Crippen molar-refractivity contribution in [3.05, 3.63) is 82.6 Å². The van der Waals surface area contributed by atoms with Crippen LogP contribution in [-0.2, 0) is 17.6 Å². The second-order valence-electron chi connectivity index (χ2n) is 7.74. The maximum Gasteiger partial charge on any atom is 0.228 e. The van der Waals surface area contributed by atoms with Gasteiger partial charge in [0.05, 0.1) is 12.1 Å². The number of nitrogens with zero attached hydrogens (tertiary/aromatic N) is 3. The molecule has 0 unspecified atom stereocenters. The SMILES string of the molecule is CCc1cccc(NC(=O)Cc2c(C)nc3c(-c4ccc(F)cc4)c(C)nn3c2C)c1. The van der Waals surface area contributed by atoms with E-state index in [2.05, 4.69) is 17.3 Å². The number of rotatable bonds is 5. The fourth-order valence-electron chi connectivity index (χ4n) is 3.91. The Labute approximate surface area is 181 Å². The number of aryl methyl sites for hydroxylation is 4.